The van der Waals surface area contributed by atoms with Gasteiger partial charge < -0.3 is 20.5 Å². The molecule has 0 saturated heterocycles. The predicted molar refractivity (Wildman–Crippen MR) is 56.3 cm³/mol. The van der Waals surface area contributed by atoms with Gasteiger partial charge in [0.25, 0.3) is 0 Å². The van der Waals surface area contributed by atoms with E-state index in [2.05, 4.69) is 5.32 Å². The third kappa shape index (κ3) is 3.92. The molecule has 0 aromatic rings. The summed E-state index contributed by atoms with van der Waals surface area (Å²) in [6.45, 7) is 1.62. The molecule has 1 aliphatic rings. The van der Waals surface area contributed by atoms with Crippen LogP contribution in [0.4, 0.5) is 0 Å². The van der Waals surface area contributed by atoms with Gasteiger partial charge in [-0.15, -0.1) is 0 Å². The van der Waals surface area contributed by atoms with Crippen LogP contribution in [0.15, 0.2) is 0 Å². The zero-order valence-electron chi connectivity index (χ0n) is 9.16. The van der Waals surface area contributed by atoms with E-state index in [-0.39, 0.29) is 6.04 Å². The average molecular weight is 202 g/mol. The molecule has 84 valence electrons. The fourth-order valence-electron chi connectivity index (χ4n) is 1.61. The summed E-state index contributed by atoms with van der Waals surface area (Å²) in [5.41, 5.74) is 5.88. The molecule has 1 saturated carbocycles. The van der Waals surface area contributed by atoms with Gasteiger partial charge in [-0.25, -0.2) is 0 Å². The van der Waals surface area contributed by atoms with Crippen molar-refractivity contribution in [2.45, 2.75) is 37.5 Å². The summed E-state index contributed by atoms with van der Waals surface area (Å²) < 4.78 is 10.2. The van der Waals surface area contributed by atoms with Crippen LogP contribution in [0.2, 0.25) is 0 Å². The Balaban J connectivity index is 1.93. The highest BCUT2D eigenvalue weighted by molar-refractivity contribution is 4.86. The lowest BCUT2D eigenvalue weighted by atomic mass is 9.89. The topological polar surface area (TPSA) is 56.5 Å². The van der Waals surface area contributed by atoms with Crippen molar-refractivity contribution in [1.82, 2.24) is 5.32 Å². The largest absolute Gasteiger partial charge is 0.385 e. The van der Waals surface area contributed by atoms with E-state index in [1.54, 1.807) is 14.2 Å². The molecule has 14 heavy (non-hydrogen) atoms. The molecule has 1 rings (SSSR count). The van der Waals surface area contributed by atoms with Crippen molar-refractivity contribution in [2.75, 3.05) is 27.4 Å². The molecule has 0 spiro atoms. The highest BCUT2D eigenvalue weighted by Crippen LogP contribution is 2.22. The van der Waals surface area contributed by atoms with Crippen LogP contribution in [-0.4, -0.2) is 45.6 Å². The summed E-state index contributed by atoms with van der Waals surface area (Å²) >= 11 is 0. The average Bonchev–Trinajstić information content (AvgIpc) is 2.12. The molecule has 0 aromatic heterocycles. The van der Waals surface area contributed by atoms with Crippen LogP contribution in [0.3, 0.4) is 0 Å². The second-order valence-corrected chi connectivity index (χ2v) is 3.98. The van der Waals surface area contributed by atoms with Crippen molar-refractivity contribution in [3.8, 4) is 0 Å². The maximum atomic E-state index is 5.88. The standard InChI is InChI=1S/C10H22N2O2/c1-13-4-3-8(11)7-12-9-5-10(6-9)14-2/h8-10,12H,3-7,11H2,1-2H3. The van der Waals surface area contributed by atoms with Crippen LogP contribution < -0.4 is 11.1 Å². The Morgan fingerprint density at radius 1 is 1.43 bits per heavy atom. The summed E-state index contributed by atoms with van der Waals surface area (Å²) in [6.07, 6.45) is 3.62. The van der Waals surface area contributed by atoms with Crippen molar-refractivity contribution in [1.29, 1.82) is 0 Å². The summed E-state index contributed by atoms with van der Waals surface area (Å²) in [7, 11) is 3.47. The zero-order valence-corrected chi connectivity index (χ0v) is 9.16. The van der Waals surface area contributed by atoms with Crippen LogP contribution in [-0.2, 0) is 9.47 Å². The number of hydrogen-bond acceptors (Lipinski definition) is 4. The minimum absolute atomic E-state index is 0.205. The monoisotopic (exact) mass is 202 g/mol. The molecule has 0 radical (unpaired) electrons. The highest BCUT2D eigenvalue weighted by Gasteiger charge is 2.28. The number of nitrogens with one attached hydrogen (secondary N) is 1. The third-order valence-corrected chi connectivity index (χ3v) is 2.79. The van der Waals surface area contributed by atoms with Gasteiger partial charge in [-0.2, -0.15) is 0 Å². The summed E-state index contributed by atoms with van der Waals surface area (Å²) in [5.74, 6) is 0. The van der Waals surface area contributed by atoms with E-state index < -0.39 is 0 Å². The summed E-state index contributed by atoms with van der Waals surface area (Å²) in [6, 6.07) is 0.810. The van der Waals surface area contributed by atoms with E-state index in [9.17, 15) is 0 Å². The Morgan fingerprint density at radius 3 is 2.71 bits per heavy atom. The number of rotatable bonds is 7. The Hall–Kier alpha value is -0.160. The lowest BCUT2D eigenvalue weighted by molar-refractivity contribution is 0.0170. The summed E-state index contributed by atoms with van der Waals surface area (Å²) in [4.78, 5) is 0. The number of methoxy groups -OCH3 is 2. The molecule has 0 bridgehead atoms. The molecule has 1 atom stereocenters. The Bertz CT molecular complexity index is 144. The first-order valence-corrected chi connectivity index (χ1v) is 5.27. The molecular weight excluding hydrogens is 180 g/mol. The van der Waals surface area contributed by atoms with Crippen molar-refractivity contribution in [3.05, 3.63) is 0 Å². The molecule has 0 aliphatic heterocycles. The SMILES string of the molecule is COCCC(N)CNC1CC(OC)C1. The minimum atomic E-state index is 0.205. The van der Waals surface area contributed by atoms with Gasteiger partial charge in [0.05, 0.1) is 6.10 Å². The molecule has 0 amide bonds. The molecule has 0 heterocycles. The van der Waals surface area contributed by atoms with E-state index in [1.807, 2.05) is 0 Å². The van der Waals surface area contributed by atoms with E-state index in [1.165, 1.54) is 0 Å². The maximum absolute atomic E-state index is 5.88. The molecular formula is C10H22N2O2. The van der Waals surface area contributed by atoms with Gasteiger partial charge in [0.1, 0.15) is 0 Å². The fourth-order valence-corrected chi connectivity index (χ4v) is 1.61. The van der Waals surface area contributed by atoms with Gasteiger partial charge in [-0.3, -0.25) is 0 Å². The van der Waals surface area contributed by atoms with E-state index in [4.69, 9.17) is 15.2 Å². The first kappa shape index (κ1) is 11.9. The van der Waals surface area contributed by atoms with Crippen molar-refractivity contribution in [2.24, 2.45) is 5.73 Å². The molecule has 1 unspecified atom stereocenters. The van der Waals surface area contributed by atoms with Gasteiger partial charge in [0.2, 0.25) is 0 Å². The van der Waals surface area contributed by atoms with Gasteiger partial charge in [0, 0.05) is 39.5 Å². The third-order valence-electron chi connectivity index (χ3n) is 2.79. The highest BCUT2D eigenvalue weighted by atomic mass is 16.5. The second kappa shape index (κ2) is 6.35. The molecule has 1 aliphatic carbocycles. The number of hydrogen-bond donors (Lipinski definition) is 2. The Kier molecular flexibility index (Phi) is 5.40. The normalized spacial score (nSPS) is 28.5. The summed E-state index contributed by atoms with van der Waals surface area (Å²) in [5, 5.41) is 3.43. The second-order valence-electron chi connectivity index (χ2n) is 3.98. The van der Waals surface area contributed by atoms with Gasteiger partial charge in [-0.05, 0) is 19.3 Å². The lowest BCUT2D eigenvalue weighted by Gasteiger charge is -2.35. The fraction of sp³-hybridized carbons (Fsp3) is 1.00. The molecule has 0 aromatic carbocycles. The minimum Gasteiger partial charge on any atom is -0.385 e. The Labute approximate surface area is 86.1 Å². The van der Waals surface area contributed by atoms with Crippen molar-refractivity contribution < 1.29 is 9.47 Å². The van der Waals surface area contributed by atoms with E-state index >= 15 is 0 Å². The smallest absolute Gasteiger partial charge is 0.0601 e. The van der Waals surface area contributed by atoms with Gasteiger partial charge in [0.15, 0.2) is 0 Å². The number of nitrogens with two attached hydrogens (primary N) is 1. The molecule has 4 heteroatoms. The quantitative estimate of drug-likeness (QED) is 0.615. The van der Waals surface area contributed by atoms with Gasteiger partial charge >= 0.3 is 0 Å². The van der Waals surface area contributed by atoms with Crippen LogP contribution >= 0.6 is 0 Å². The lowest BCUT2D eigenvalue weighted by Crippen LogP contribution is -2.48. The van der Waals surface area contributed by atoms with Gasteiger partial charge in [-0.1, -0.05) is 0 Å². The Morgan fingerprint density at radius 2 is 2.14 bits per heavy atom. The van der Waals surface area contributed by atoms with Crippen molar-refractivity contribution in [3.63, 3.8) is 0 Å². The van der Waals surface area contributed by atoms with E-state index in [0.717, 1.165) is 32.4 Å². The van der Waals surface area contributed by atoms with Crippen LogP contribution in [0, 0.1) is 0 Å². The zero-order chi connectivity index (χ0) is 10.4. The van der Waals surface area contributed by atoms with Crippen molar-refractivity contribution >= 4 is 0 Å². The van der Waals surface area contributed by atoms with Crippen LogP contribution in [0.5, 0.6) is 0 Å². The first-order valence-electron chi connectivity index (χ1n) is 5.27. The first-order chi connectivity index (χ1) is 6.76. The van der Waals surface area contributed by atoms with E-state index in [0.29, 0.717) is 12.1 Å². The maximum Gasteiger partial charge on any atom is 0.0601 e. The predicted octanol–water partition coefficient (Wildman–Crippen LogP) is 0.117. The number of ether oxygens (including phenoxy) is 2. The molecule has 3 N–H and O–H groups in total. The molecule has 1 fully saturated rings. The van der Waals surface area contributed by atoms with Crippen LogP contribution in [0.1, 0.15) is 19.3 Å². The molecule has 4 nitrogen and oxygen atoms in total. The van der Waals surface area contributed by atoms with Crippen LogP contribution in [0.25, 0.3) is 0 Å².